The van der Waals surface area contributed by atoms with Crippen LogP contribution in [0, 0.1) is 0 Å². The number of hydrogen-bond acceptors (Lipinski definition) is 2. The van der Waals surface area contributed by atoms with E-state index in [9.17, 15) is 0 Å². The first-order valence-electron chi connectivity index (χ1n) is 1.40. The second-order valence-corrected chi connectivity index (χ2v) is 0.516. The van der Waals surface area contributed by atoms with Crippen molar-refractivity contribution in [2.75, 3.05) is 6.61 Å². The summed E-state index contributed by atoms with van der Waals surface area (Å²) in [6.45, 7) is 3.41. The average Bonchev–Trinajstić information content (AvgIpc) is 1.41. The van der Waals surface area contributed by atoms with Gasteiger partial charge < -0.3 is 9.53 Å². The third kappa shape index (κ3) is 8.94. The molecule has 0 aliphatic rings. The fourth-order valence-electron chi connectivity index (χ4n) is 0.0589. The summed E-state index contributed by atoms with van der Waals surface area (Å²) in [6, 6.07) is 0. The van der Waals surface area contributed by atoms with Crippen LogP contribution in [0.5, 0.6) is 0 Å². The van der Waals surface area contributed by atoms with Gasteiger partial charge in [0.25, 0.3) is 0 Å². The van der Waals surface area contributed by atoms with Crippen molar-refractivity contribution >= 4 is 6.47 Å². The molecule has 0 aromatic carbocycles. The van der Waals surface area contributed by atoms with Crippen LogP contribution in [0.15, 0.2) is 0 Å². The van der Waals surface area contributed by atoms with Gasteiger partial charge in [-0.25, -0.2) is 0 Å². The quantitative estimate of drug-likeness (QED) is 0.399. The number of ether oxygens (including phenoxy) is 1. The third-order valence-electron chi connectivity index (χ3n) is 0.203. The van der Waals surface area contributed by atoms with E-state index in [1.807, 2.05) is 0 Å². The van der Waals surface area contributed by atoms with E-state index in [0.29, 0.717) is 6.61 Å². The van der Waals surface area contributed by atoms with Crippen molar-refractivity contribution in [2.45, 2.75) is 6.92 Å². The van der Waals surface area contributed by atoms with Crippen molar-refractivity contribution in [3.8, 4) is 0 Å². The molecular weight excluding hydrogens is 133 g/mol. The molecule has 0 bridgehead atoms. The summed E-state index contributed by atoms with van der Waals surface area (Å²) in [6.07, 6.45) is 0. The molecule has 0 N–H and O–H groups in total. The summed E-state index contributed by atoms with van der Waals surface area (Å²) in [5.41, 5.74) is 0. The van der Waals surface area contributed by atoms with Gasteiger partial charge in [0, 0.05) is 26.1 Å². The van der Waals surface area contributed by atoms with Gasteiger partial charge in [0.15, 0.2) is 0 Å². The molecule has 0 atom stereocenters. The van der Waals surface area contributed by atoms with Gasteiger partial charge in [0.2, 0.25) is 0 Å². The molecule has 0 aliphatic heterocycles. The number of hydrogen-bond donors (Lipinski definition) is 0. The summed E-state index contributed by atoms with van der Waals surface area (Å²) in [5, 5.41) is 0. The first-order valence-corrected chi connectivity index (χ1v) is 1.40. The molecule has 0 saturated carbocycles. The van der Waals surface area contributed by atoms with E-state index >= 15 is 0 Å². The fourth-order valence-corrected chi connectivity index (χ4v) is 0.0589. The first-order chi connectivity index (χ1) is 2.41. The summed E-state index contributed by atoms with van der Waals surface area (Å²) in [5.74, 6) is 0. The molecule has 6 heavy (non-hydrogen) atoms. The van der Waals surface area contributed by atoms with E-state index in [4.69, 9.17) is 4.79 Å². The molecule has 0 aliphatic carbocycles. The molecule has 0 radical (unpaired) electrons. The smallest absolute Gasteiger partial charge is 0.0451 e. The SMILES string of the molecule is CCO[C-]=O.[Zn]. The van der Waals surface area contributed by atoms with E-state index in [0.717, 1.165) is 0 Å². The summed E-state index contributed by atoms with van der Waals surface area (Å²) >= 11 is 0. The molecule has 0 heterocycles. The van der Waals surface area contributed by atoms with Crippen LogP contribution in [-0.4, -0.2) is 13.1 Å². The summed E-state index contributed by atoms with van der Waals surface area (Å²) < 4.78 is 4.03. The van der Waals surface area contributed by atoms with Gasteiger partial charge in [-0.3, -0.25) is 0 Å². The Balaban J connectivity index is 0. The Morgan fingerprint density at radius 2 is 2.33 bits per heavy atom. The predicted octanol–water partition coefficient (Wildman–Crippen LogP) is 0.0876. The van der Waals surface area contributed by atoms with Gasteiger partial charge in [-0.05, 0) is 6.92 Å². The predicted molar refractivity (Wildman–Crippen MR) is 17.3 cm³/mol. The average molecular weight is 138 g/mol. The molecule has 32 valence electrons. The van der Waals surface area contributed by atoms with Gasteiger partial charge in [-0.1, -0.05) is 6.47 Å². The van der Waals surface area contributed by atoms with Crippen molar-refractivity contribution in [1.29, 1.82) is 0 Å². The van der Waals surface area contributed by atoms with Crippen molar-refractivity contribution < 1.29 is 29.0 Å². The monoisotopic (exact) mass is 137 g/mol. The maximum Gasteiger partial charge on any atom is 0.0451 e. The van der Waals surface area contributed by atoms with Crippen LogP contribution in [0.3, 0.4) is 0 Å². The molecule has 0 saturated heterocycles. The van der Waals surface area contributed by atoms with Crippen LogP contribution in [0.1, 0.15) is 6.92 Å². The largest absolute Gasteiger partial charge is 0.653 e. The molecule has 0 rings (SSSR count). The van der Waals surface area contributed by atoms with Gasteiger partial charge >= 0.3 is 0 Å². The van der Waals surface area contributed by atoms with Crippen LogP contribution in [0.4, 0.5) is 0 Å². The van der Waals surface area contributed by atoms with Gasteiger partial charge in [-0.2, -0.15) is 0 Å². The van der Waals surface area contributed by atoms with Gasteiger partial charge in [0.1, 0.15) is 0 Å². The van der Waals surface area contributed by atoms with E-state index in [2.05, 4.69) is 4.74 Å². The van der Waals surface area contributed by atoms with Gasteiger partial charge in [0.05, 0.1) is 0 Å². The summed E-state index contributed by atoms with van der Waals surface area (Å²) in [7, 11) is 0. The topological polar surface area (TPSA) is 26.3 Å². The van der Waals surface area contributed by atoms with Crippen molar-refractivity contribution in [3.63, 3.8) is 0 Å². The minimum Gasteiger partial charge on any atom is -0.653 e. The van der Waals surface area contributed by atoms with Crippen LogP contribution in [0.25, 0.3) is 0 Å². The minimum atomic E-state index is 0. The second-order valence-electron chi connectivity index (χ2n) is 0.516. The Morgan fingerprint density at radius 1 is 1.83 bits per heavy atom. The molecule has 0 spiro atoms. The molecule has 0 amide bonds. The van der Waals surface area contributed by atoms with Crippen molar-refractivity contribution in [1.82, 2.24) is 0 Å². The van der Waals surface area contributed by atoms with Crippen LogP contribution < -0.4 is 0 Å². The molecule has 0 aromatic heterocycles. The Hall–Kier alpha value is 0.0934. The maximum absolute atomic E-state index is 9.06. The zero-order valence-corrected chi connectivity index (χ0v) is 6.70. The minimum absolute atomic E-state index is 0. The Labute approximate surface area is 49.6 Å². The standard InChI is InChI=1S/C3H5O2.Zn/c1-2-5-3-4;/h2H2,1H3;/q-1;. The number of carbonyl (C=O) groups excluding carboxylic acids is 1. The maximum atomic E-state index is 9.06. The Bertz CT molecular complexity index is 30.0. The molecule has 0 aromatic rings. The molecule has 0 unspecified atom stereocenters. The van der Waals surface area contributed by atoms with Crippen LogP contribution in [-0.2, 0) is 29.0 Å². The summed E-state index contributed by atoms with van der Waals surface area (Å²) in [4.78, 5) is 9.06. The van der Waals surface area contributed by atoms with Crippen molar-refractivity contribution in [3.05, 3.63) is 0 Å². The molecule has 2 nitrogen and oxygen atoms in total. The first kappa shape index (κ1) is 9.43. The van der Waals surface area contributed by atoms with E-state index in [-0.39, 0.29) is 19.5 Å². The Morgan fingerprint density at radius 3 is 2.33 bits per heavy atom. The Kier molecular flexibility index (Phi) is 14.0. The van der Waals surface area contributed by atoms with E-state index in [1.54, 1.807) is 6.92 Å². The van der Waals surface area contributed by atoms with Crippen LogP contribution in [0.2, 0.25) is 0 Å². The van der Waals surface area contributed by atoms with E-state index < -0.39 is 0 Å². The van der Waals surface area contributed by atoms with E-state index in [1.165, 1.54) is 6.47 Å². The molecule has 3 heteroatoms. The second kappa shape index (κ2) is 8.92. The zero-order chi connectivity index (χ0) is 4.12. The van der Waals surface area contributed by atoms with Crippen molar-refractivity contribution in [2.24, 2.45) is 0 Å². The normalized spacial score (nSPS) is 5.50. The zero-order valence-electron chi connectivity index (χ0n) is 3.73. The van der Waals surface area contributed by atoms with Gasteiger partial charge in [-0.15, -0.1) is 0 Å². The number of rotatable bonds is 2. The fraction of sp³-hybridized carbons (Fsp3) is 0.667. The molecular formula is C3H5O2Zn-. The molecule has 0 fully saturated rings. The third-order valence-corrected chi connectivity index (χ3v) is 0.203. The van der Waals surface area contributed by atoms with Crippen LogP contribution >= 0.6 is 0 Å².